The molecule has 4 unspecified atom stereocenters. The molecule has 1 saturated carbocycles. The molecule has 0 spiro atoms. The lowest BCUT2D eigenvalue weighted by molar-refractivity contribution is 0.349. The van der Waals surface area contributed by atoms with E-state index in [4.69, 9.17) is 0 Å². The van der Waals surface area contributed by atoms with Crippen LogP contribution >= 0.6 is 0 Å². The van der Waals surface area contributed by atoms with E-state index in [1.165, 1.54) is 12.8 Å². The summed E-state index contributed by atoms with van der Waals surface area (Å²) in [6, 6.07) is 9.82. The Morgan fingerprint density at radius 2 is 2.06 bits per heavy atom. The van der Waals surface area contributed by atoms with Gasteiger partial charge >= 0.3 is 0 Å². The van der Waals surface area contributed by atoms with Gasteiger partial charge in [-0.2, -0.15) is 0 Å². The van der Waals surface area contributed by atoms with E-state index >= 15 is 0 Å². The summed E-state index contributed by atoms with van der Waals surface area (Å²) < 4.78 is 0. The molecule has 98 valence electrons. The largest absolute Gasteiger partial charge is 0.314 e. The summed E-state index contributed by atoms with van der Waals surface area (Å²) in [6.07, 6.45) is 2.70. The highest BCUT2D eigenvalue weighted by Crippen LogP contribution is 2.61. The zero-order valence-electron chi connectivity index (χ0n) is 11.8. The van der Waals surface area contributed by atoms with Gasteiger partial charge in [0.25, 0.3) is 0 Å². The summed E-state index contributed by atoms with van der Waals surface area (Å²) in [5, 5.41) is 3.73. The van der Waals surface area contributed by atoms with E-state index in [0.717, 1.165) is 30.2 Å². The summed E-state index contributed by atoms with van der Waals surface area (Å²) in [7, 11) is 0. The second-order valence-corrected chi connectivity index (χ2v) is 6.33. The van der Waals surface area contributed by atoms with Crippen molar-refractivity contribution in [2.24, 2.45) is 17.8 Å². The second-order valence-electron chi connectivity index (χ2n) is 6.33. The van der Waals surface area contributed by atoms with Crippen molar-refractivity contribution >= 4 is 0 Å². The molecule has 0 heterocycles. The number of aryl methyl sites for hydroxylation is 1. The smallest absolute Gasteiger partial charge is 0.0127 e. The SMILES string of the molecule is CCNC(C(C)C)C1C2CCc3ccccc3C21. The third kappa shape index (κ3) is 1.89. The molecule has 4 atom stereocenters. The number of rotatable bonds is 4. The number of hydrogen-bond donors (Lipinski definition) is 1. The van der Waals surface area contributed by atoms with Gasteiger partial charge in [0.1, 0.15) is 0 Å². The fraction of sp³-hybridized carbons (Fsp3) is 0.647. The molecule has 18 heavy (non-hydrogen) atoms. The second kappa shape index (κ2) is 4.70. The van der Waals surface area contributed by atoms with Crippen molar-refractivity contribution in [2.75, 3.05) is 6.54 Å². The minimum absolute atomic E-state index is 0.705. The van der Waals surface area contributed by atoms with E-state index < -0.39 is 0 Å². The normalized spacial score (nSPS) is 30.8. The van der Waals surface area contributed by atoms with Crippen molar-refractivity contribution in [3.05, 3.63) is 35.4 Å². The minimum atomic E-state index is 0.705. The molecule has 1 aromatic carbocycles. The van der Waals surface area contributed by atoms with Gasteiger partial charge in [0, 0.05) is 6.04 Å². The maximum absolute atomic E-state index is 3.73. The highest BCUT2D eigenvalue weighted by Gasteiger charge is 2.56. The summed E-state index contributed by atoms with van der Waals surface area (Å²) in [6.45, 7) is 8.06. The van der Waals surface area contributed by atoms with Crippen LogP contribution in [0.3, 0.4) is 0 Å². The topological polar surface area (TPSA) is 12.0 Å². The van der Waals surface area contributed by atoms with E-state index in [2.05, 4.69) is 50.4 Å². The number of benzene rings is 1. The summed E-state index contributed by atoms with van der Waals surface area (Å²) in [5.41, 5.74) is 3.27. The molecule has 2 aliphatic rings. The molecule has 1 aromatic rings. The average molecular weight is 243 g/mol. The monoisotopic (exact) mass is 243 g/mol. The van der Waals surface area contributed by atoms with E-state index in [1.54, 1.807) is 11.1 Å². The zero-order valence-corrected chi connectivity index (χ0v) is 11.8. The van der Waals surface area contributed by atoms with E-state index in [1.807, 2.05) is 0 Å². The third-order valence-corrected chi connectivity index (χ3v) is 4.96. The Kier molecular flexibility index (Phi) is 3.19. The van der Waals surface area contributed by atoms with Crippen LogP contribution in [-0.4, -0.2) is 12.6 Å². The predicted octanol–water partition coefficient (Wildman–Crippen LogP) is 3.60. The fourth-order valence-corrected chi connectivity index (χ4v) is 4.16. The Bertz CT molecular complexity index is 423. The van der Waals surface area contributed by atoms with Crippen molar-refractivity contribution in [1.82, 2.24) is 5.32 Å². The van der Waals surface area contributed by atoms with Crippen molar-refractivity contribution in [2.45, 2.75) is 45.6 Å². The lowest BCUT2D eigenvalue weighted by Crippen LogP contribution is -2.36. The quantitative estimate of drug-likeness (QED) is 0.852. The molecule has 0 saturated heterocycles. The molecule has 2 aliphatic carbocycles. The van der Waals surface area contributed by atoms with Gasteiger partial charge in [0.2, 0.25) is 0 Å². The van der Waals surface area contributed by atoms with Gasteiger partial charge in [-0.1, -0.05) is 45.0 Å². The van der Waals surface area contributed by atoms with Crippen LogP contribution in [0.1, 0.15) is 44.2 Å². The number of hydrogen-bond acceptors (Lipinski definition) is 1. The van der Waals surface area contributed by atoms with Gasteiger partial charge in [-0.3, -0.25) is 0 Å². The van der Waals surface area contributed by atoms with Crippen molar-refractivity contribution < 1.29 is 0 Å². The molecule has 0 bridgehead atoms. The molecule has 1 N–H and O–H groups in total. The maximum Gasteiger partial charge on any atom is 0.0127 e. The van der Waals surface area contributed by atoms with E-state index in [-0.39, 0.29) is 0 Å². The number of fused-ring (bicyclic) bond motifs is 3. The molecule has 0 aliphatic heterocycles. The highest BCUT2D eigenvalue weighted by atomic mass is 14.9. The molecule has 1 nitrogen and oxygen atoms in total. The van der Waals surface area contributed by atoms with Gasteiger partial charge in [-0.25, -0.2) is 0 Å². The van der Waals surface area contributed by atoms with Gasteiger partial charge < -0.3 is 5.32 Å². The molecule has 0 radical (unpaired) electrons. The van der Waals surface area contributed by atoms with Crippen molar-refractivity contribution in [3.63, 3.8) is 0 Å². The Morgan fingerprint density at radius 3 is 2.78 bits per heavy atom. The van der Waals surface area contributed by atoms with Crippen LogP contribution in [0.4, 0.5) is 0 Å². The molecule has 0 amide bonds. The van der Waals surface area contributed by atoms with Crippen LogP contribution in [-0.2, 0) is 6.42 Å². The molecular weight excluding hydrogens is 218 g/mol. The van der Waals surface area contributed by atoms with Gasteiger partial charge in [0.05, 0.1) is 0 Å². The fourth-order valence-electron chi connectivity index (χ4n) is 4.16. The van der Waals surface area contributed by atoms with Crippen LogP contribution in [0.15, 0.2) is 24.3 Å². The van der Waals surface area contributed by atoms with Crippen LogP contribution in [0.25, 0.3) is 0 Å². The lowest BCUT2D eigenvalue weighted by atomic mass is 9.92. The van der Waals surface area contributed by atoms with Crippen LogP contribution in [0.2, 0.25) is 0 Å². The molecule has 0 aromatic heterocycles. The number of nitrogens with one attached hydrogen (secondary N) is 1. The van der Waals surface area contributed by atoms with Crippen molar-refractivity contribution in [1.29, 1.82) is 0 Å². The Labute approximate surface area is 111 Å². The van der Waals surface area contributed by atoms with Gasteiger partial charge in [-0.15, -0.1) is 0 Å². The average Bonchev–Trinajstić information content (AvgIpc) is 3.10. The minimum Gasteiger partial charge on any atom is -0.314 e. The van der Waals surface area contributed by atoms with E-state index in [9.17, 15) is 0 Å². The molecule has 1 fully saturated rings. The van der Waals surface area contributed by atoms with Crippen molar-refractivity contribution in [3.8, 4) is 0 Å². The Morgan fingerprint density at radius 1 is 1.28 bits per heavy atom. The predicted molar refractivity (Wildman–Crippen MR) is 76.8 cm³/mol. The summed E-state index contributed by atoms with van der Waals surface area (Å²) in [5.74, 6) is 3.43. The molecule has 1 heteroatoms. The van der Waals surface area contributed by atoms with Gasteiger partial charge in [0.15, 0.2) is 0 Å². The van der Waals surface area contributed by atoms with Gasteiger partial charge in [-0.05, 0) is 54.2 Å². The first kappa shape index (κ1) is 12.2. The van der Waals surface area contributed by atoms with Crippen LogP contribution in [0.5, 0.6) is 0 Å². The Balaban J connectivity index is 1.83. The highest BCUT2D eigenvalue weighted by molar-refractivity contribution is 5.40. The maximum atomic E-state index is 3.73. The molecular formula is C17H25N. The standard InChI is InChI=1S/C17H25N/c1-4-18-17(11(2)3)16-14-10-9-12-7-5-6-8-13(12)15(14)16/h5-8,11,14-18H,4,9-10H2,1-3H3. The first-order chi connectivity index (χ1) is 8.74. The zero-order chi connectivity index (χ0) is 12.7. The summed E-state index contributed by atoms with van der Waals surface area (Å²) >= 11 is 0. The third-order valence-electron chi connectivity index (χ3n) is 4.96. The first-order valence-electron chi connectivity index (χ1n) is 7.55. The van der Waals surface area contributed by atoms with Crippen LogP contribution in [0, 0.1) is 17.8 Å². The molecule has 3 rings (SSSR count). The summed E-state index contributed by atoms with van der Waals surface area (Å²) in [4.78, 5) is 0. The lowest BCUT2D eigenvalue weighted by Gasteiger charge is -2.22. The Hall–Kier alpha value is -0.820. The van der Waals surface area contributed by atoms with Crippen LogP contribution < -0.4 is 5.32 Å². The van der Waals surface area contributed by atoms with E-state index in [0.29, 0.717) is 6.04 Å². The first-order valence-corrected chi connectivity index (χ1v) is 7.55.